The van der Waals surface area contributed by atoms with Gasteiger partial charge in [-0.2, -0.15) is 0 Å². The minimum atomic E-state index is -2.49. The van der Waals surface area contributed by atoms with Gasteiger partial charge in [0.25, 0.3) is 0 Å². The van der Waals surface area contributed by atoms with Crippen LogP contribution in [0.2, 0.25) is 0 Å². The van der Waals surface area contributed by atoms with Gasteiger partial charge in [-0.25, -0.2) is 8.78 Å². The van der Waals surface area contributed by atoms with Crippen molar-refractivity contribution in [3.63, 3.8) is 0 Å². The molecular formula is C13H18F2O. The summed E-state index contributed by atoms with van der Waals surface area (Å²) in [5.41, 5.74) is 0.312. The summed E-state index contributed by atoms with van der Waals surface area (Å²) in [5.74, 6) is 0. The second kappa shape index (κ2) is 5.39. The van der Waals surface area contributed by atoms with Gasteiger partial charge < -0.3 is 5.11 Å². The number of rotatable bonds is 5. The molecule has 0 bridgehead atoms. The second-order valence-electron chi connectivity index (χ2n) is 4.03. The van der Waals surface area contributed by atoms with E-state index >= 15 is 0 Å². The molecule has 0 aliphatic carbocycles. The lowest BCUT2D eigenvalue weighted by Gasteiger charge is -2.27. The molecule has 0 saturated heterocycles. The largest absolute Gasteiger partial charge is 0.385 e. The maximum atomic E-state index is 12.4. The van der Waals surface area contributed by atoms with E-state index in [0.717, 1.165) is 12.0 Å². The Morgan fingerprint density at radius 3 is 2.12 bits per heavy atom. The Kier molecular flexibility index (Phi) is 4.42. The molecule has 0 heterocycles. The van der Waals surface area contributed by atoms with E-state index in [-0.39, 0.29) is 0 Å². The van der Waals surface area contributed by atoms with E-state index < -0.39 is 18.4 Å². The van der Waals surface area contributed by atoms with Gasteiger partial charge in [-0.1, -0.05) is 38.1 Å². The van der Waals surface area contributed by atoms with Gasteiger partial charge in [-0.05, 0) is 24.0 Å². The summed E-state index contributed by atoms with van der Waals surface area (Å²) in [6, 6.07) is 7.23. The van der Waals surface area contributed by atoms with Crippen molar-refractivity contribution >= 4 is 0 Å². The van der Waals surface area contributed by atoms with Crippen molar-refractivity contribution in [2.75, 3.05) is 0 Å². The van der Waals surface area contributed by atoms with E-state index in [9.17, 15) is 13.9 Å². The van der Waals surface area contributed by atoms with E-state index in [1.165, 1.54) is 0 Å². The topological polar surface area (TPSA) is 20.2 Å². The fourth-order valence-electron chi connectivity index (χ4n) is 1.77. The Balaban J connectivity index is 2.93. The third-order valence-corrected chi connectivity index (χ3v) is 2.98. The molecule has 0 spiro atoms. The molecule has 1 nitrogen and oxygen atoms in total. The molecule has 0 fully saturated rings. The maximum Gasteiger partial charge on any atom is 0.241 e. The molecule has 1 atom stereocenters. The molecule has 0 radical (unpaired) electrons. The third kappa shape index (κ3) is 3.01. The number of aryl methyl sites for hydroxylation is 1. The highest BCUT2D eigenvalue weighted by atomic mass is 19.3. The van der Waals surface area contributed by atoms with E-state index in [4.69, 9.17) is 0 Å². The second-order valence-corrected chi connectivity index (χ2v) is 4.03. The van der Waals surface area contributed by atoms with Crippen molar-refractivity contribution < 1.29 is 13.9 Å². The first-order valence-electron chi connectivity index (χ1n) is 5.61. The van der Waals surface area contributed by atoms with Crippen molar-refractivity contribution in [3.8, 4) is 0 Å². The van der Waals surface area contributed by atoms with Crippen LogP contribution in [0.25, 0.3) is 0 Å². The standard InChI is InChI=1S/C13H18F2O/c1-3-10-5-7-11(8-6-10)13(16,4-2)9-12(14)15/h5-8,12,16H,3-4,9H2,1-2H3. The van der Waals surface area contributed by atoms with Crippen molar-refractivity contribution in [2.24, 2.45) is 0 Å². The molecule has 1 N–H and O–H groups in total. The number of alkyl halides is 2. The highest BCUT2D eigenvalue weighted by Crippen LogP contribution is 2.31. The zero-order chi connectivity index (χ0) is 12.2. The van der Waals surface area contributed by atoms with Gasteiger partial charge >= 0.3 is 0 Å². The van der Waals surface area contributed by atoms with Crippen LogP contribution in [0.4, 0.5) is 8.78 Å². The number of halogens is 2. The average Bonchev–Trinajstić information content (AvgIpc) is 2.28. The minimum absolute atomic E-state index is 0.294. The summed E-state index contributed by atoms with van der Waals surface area (Å²) in [4.78, 5) is 0. The molecule has 1 unspecified atom stereocenters. The van der Waals surface area contributed by atoms with Crippen molar-refractivity contribution in [1.29, 1.82) is 0 Å². The highest BCUT2D eigenvalue weighted by molar-refractivity contribution is 5.27. The molecule has 0 aliphatic heterocycles. The number of benzene rings is 1. The monoisotopic (exact) mass is 228 g/mol. The zero-order valence-electron chi connectivity index (χ0n) is 9.71. The van der Waals surface area contributed by atoms with Gasteiger partial charge in [0, 0.05) is 6.42 Å². The van der Waals surface area contributed by atoms with Crippen molar-refractivity contribution in [1.82, 2.24) is 0 Å². The molecule has 1 rings (SSSR count). The number of aliphatic hydroxyl groups is 1. The maximum absolute atomic E-state index is 12.4. The normalized spacial score (nSPS) is 15.1. The quantitative estimate of drug-likeness (QED) is 0.817. The SMILES string of the molecule is CCc1ccc(C(O)(CC)CC(F)F)cc1. The Hall–Kier alpha value is -0.960. The summed E-state index contributed by atoms with van der Waals surface area (Å²) in [6.07, 6.45) is -1.80. The van der Waals surface area contributed by atoms with Crippen LogP contribution >= 0.6 is 0 Å². The Labute approximate surface area is 95.1 Å². The molecule has 0 amide bonds. The first-order valence-corrected chi connectivity index (χ1v) is 5.61. The predicted molar refractivity (Wildman–Crippen MR) is 60.6 cm³/mol. The van der Waals surface area contributed by atoms with E-state index in [1.54, 1.807) is 19.1 Å². The van der Waals surface area contributed by atoms with Gasteiger partial charge in [0.1, 0.15) is 0 Å². The van der Waals surface area contributed by atoms with Crippen molar-refractivity contribution in [3.05, 3.63) is 35.4 Å². The molecule has 0 aromatic heterocycles. The molecule has 3 heteroatoms. The average molecular weight is 228 g/mol. The van der Waals surface area contributed by atoms with Crippen LogP contribution in [0, 0.1) is 0 Å². The van der Waals surface area contributed by atoms with Gasteiger partial charge in [-0.15, -0.1) is 0 Å². The van der Waals surface area contributed by atoms with Gasteiger partial charge in [0.05, 0.1) is 5.60 Å². The number of hydrogen-bond acceptors (Lipinski definition) is 1. The molecule has 0 aliphatic rings. The van der Waals surface area contributed by atoms with Gasteiger partial charge in [0.2, 0.25) is 6.43 Å². The van der Waals surface area contributed by atoms with Crippen LogP contribution < -0.4 is 0 Å². The van der Waals surface area contributed by atoms with Crippen LogP contribution in [0.5, 0.6) is 0 Å². The smallest absolute Gasteiger partial charge is 0.241 e. The molecule has 1 aromatic rings. The predicted octanol–water partition coefficient (Wildman–Crippen LogP) is 3.50. The fourth-order valence-corrected chi connectivity index (χ4v) is 1.77. The first kappa shape index (κ1) is 13.1. The first-order chi connectivity index (χ1) is 7.51. The molecule has 0 saturated carbocycles. The number of hydrogen-bond donors (Lipinski definition) is 1. The summed E-state index contributed by atoms with van der Waals surface area (Å²) in [5, 5.41) is 10.1. The van der Waals surface area contributed by atoms with E-state index in [2.05, 4.69) is 0 Å². The molecular weight excluding hydrogens is 210 g/mol. The fraction of sp³-hybridized carbons (Fsp3) is 0.538. The highest BCUT2D eigenvalue weighted by Gasteiger charge is 2.30. The van der Waals surface area contributed by atoms with E-state index in [0.29, 0.717) is 12.0 Å². The minimum Gasteiger partial charge on any atom is -0.385 e. The molecule has 1 aromatic carbocycles. The summed E-state index contributed by atoms with van der Waals surface area (Å²) >= 11 is 0. The summed E-state index contributed by atoms with van der Waals surface area (Å²) in [7, 11) is 0. The van der Waals surface area contributed by atoms with Gasteiger partial charge in [0.15, 0.2) is 0 Å². The molecule has 90 valence electrons. The van der Waals surface area contributed by atoms with Crippen LogP contribution in [0.15, 0.2) is 24.3 Å². The van der Waals surface area contributed by atoms with Crippen LogP contribution in [-0.2, 0) is 12.0 Å². The lowest BCUT2D eigenvalue weighted by atomic mass is 9.87. The van der Waals surface area contributed by atoms with Crippen molar-refractivity contribution in [2.45, 2.75) is 45.1 Å². The Morgan fingerprint density at radius 2 is 1.75 bits per heavy atom. The van der Waals surface area contributed by atoms with Crippen LogP contribution in [0.1, 0.15) is 37.8 Å². The van der Waals surface area contributed by atoms with Crippen LogP contribution in [-0.4, -0.2) is 11.5 Å². The molecule has 16 heavy (non-hydrogen) atoms. The zero-order valence-corrected chi connectivity index (χ0v) is 9.71. The summed E-state index contributed by atoms with van der Waals surface area (Å²) in [6.45, 7) is 3.75. The third-order valence-electron chi connectivity index (χ3n) is 2.98. The van der Waals surface area contributed by atoms with Crippen LogP contribution in [0.3, 0.4) is 0 Å². The lowest BCUT2D eigenvalue weighted by molar-refractivity contribution is -0.0295. The van der Waals surface area contributed by atoms with Gasteiger partial charge in [-0.3, -0.25) is 0 Å². The summed E-state index contributed by atoms with van der Waals surface area (Å²) < 4.78 is 24.8. The Morgan fingerprint density at radius 1 is 1.19 bits per heavy atom. The lowest BCUT2D eigenvalue weighted by Crippen LogP contribution is -2.27. The Bertz CT molecular complexity index is 321. The van der Waals surface area contributed by atoms with E-state index in [1.807, 2.05) is 19.1 Å².